The van der Waals surface area contributed by atoms with E-state index in [2.05, 4.69) is 70.3 Å². The van der Waals surface area contributed by atoms with Crippen LogP contribution in [0.3, 0.4) is 0 Å². The third-order valence-electron chi connectivity index (χ3n) is 8.94. The summed E-state index contributed by atoms with van der Waals surface area (Å²) in [6.45, 7) is 10.2. The van der Waals surface area contributed by atoms with Crippen LogP contribution in [0.25, 0.3) is 10.8 Å². The molecule has 10 heteroatoms. The van der Waals surface area contributed by atoms with E-state index >= 15 is 0 Å². The van der Waals surface area contributed by atoms with Crippen LogP contribution < -0.4 is 14.5 Å². The smallest absolute Gasteiger partial charge is 0.410 e. The molecule has 0 bridgehead atoms. The largest absolute Gasteiger partial charge is 0.462 e. The number of amides is 1. The number of hydrogen-bond donors (Lipinski definition) is 0. The second kappa shape index (κ2) is 12.5. The highest BCUT2D eigenvalue weighted by molar-refractivity contribution is 5.94. The molecule has 4 heterocycles. The van der Waals surface area contributed by atoms with Gasteiger partial charge in [0.25, 0.3) is 0 Å². The minimum Gasteiger partial charge on any atom is -0.462 e. The minimum atomic E-state index is -0.604. The molecule has 10 nitrogen and oxygen atoms in total. The van der Waals surface area contributed by atoms with Crippen LogP contribution in [0.15, 0.2) is 42.5 Å². The van der Waals surface area contributed by atoms with Crippen LogP contribution in [0, 0.1) is 11.3 Å². The van der Waals surface area contributed by atoms with Crippen LogP contribution in [0.2, 0.25) is 0 Å². The monoisotopic (exact) mass is 597 g/mol. The molecule has 2 saturated heterocycles. The highest BCUT2D eigenvalue weighted by atomic mass is 16.6. The predicted octanol–water partition coefficient (Wildman–Crippen LogP) is 5.00. The number of fused-ring (bicyclic) bond motifs is 2. The molecule has 0 spiro atoms. The van der Waals surface area contributed by atoms with Crippen molar-refractivity contribution in [3.05, 3.63) is 53.7 Å². The lowest BCUT2D eigenvalue weighted by Gasteiger charge is -2.42. The summed E-state index contributed by atoms with van der Waals surface area (Å²) in [5, 5.41) is 12.1. The van der Waals surface area contributed by atoms with Crippen molar-refractivity contribution in [1.29, 1.82) is 5.26 Å². The zero-order chi connectivity index (χ0) is 30.8. The predicted molar refractivity (Wildman–Crippen MR) is 171 cm³/mol. The lowest BCUT2D eigenvalue weighted by atomic mass is 10.0. The van der Waals surface area contributed by atoms with E-state index in [1.165, 1.54) is 22.9 Å². The summed E-state index contributed by atoms with van der Waals surface area (Å²) in [4.78, 5) is 31.7. The summed E-state index contributed by atoms with van der Waals surface area (Å²) in [5.74, 6) is 0.856. The van der Waals surface area contributed by atoms with Gasteiger partial charge in [-0.25, -0.2) is 4.79 Å². The number of ether oxygens (including phenoxy) is 2. The third-order valence-corrected chi connectivity index (χ3v) is 8.94. The van der Waals surface area contributed by atoms with Gasteiger partial charge < -0.3 is 29.1 Å². The number of nitriles is 1. The van der Waals surface area contributed by atoms with E-state index in [1.807, 2.05) is 20.8 Å². The summed E-state index contributed by atoms with van der Waals surface area (Å²) < 4.78 is 12.0. The number of likely N-dealkylation sites (N-methyl/N-ethyl adjacent to an activating group) is 1. The normalized spacial score (nSPS) is 20.8. The van der Waals surface area contributed by atoms with Crippen LogP contribution in [0.5, 0.6) is 6.01 Å². The lowest BCUT2D eigenvalue weighted by Crippen LogP contribution is -2.56. The first kappa shape index (κ1) is 29.9. The fourth-order valence-corrected chi connectivity index (χ4v) is 6.65. The molecule has 0 N–H and O–H groups in total. The van der Waals surface area contributed by atoms with E-state index in [1.54, 1.807) is 4.90 Å². The van der Waals surface area contributed by atoms with Gasteiger partial charge in [0.15, 0.2) is 0 Å². The molecule has 1 amide bonds. The molecule has 0 radical (unpaired) electrons. The molecule has 2 fully saturated rings. The number of rotatable bonds is 6. The van der Waals surface area contributed by atoms with E-state index in [0.717, 1.165) is 43.0 Å². The Kier molecular flexibility index (Phi) is 8.50. The van der Waals surface area contributed by atoms with E-state index < -0.39 is 5.60 Å². The van der Waals surface area contributed by atoms with Gasteiger partial charge in [0.05, 0.1) is 30.8 Å². The van der Waals surface area contributed by atoms with Gasteiger partial charge in [0, 0.05) is 48.9 Å². The highest BCUT2D eigenvalue weighted by Gasteiger charge is 2.36. The molecule has 0 aliphatic carbocycles. The maximum absolute atomic E-state index is 13.1. The van der Waals surface area contributed by atoms with Crippen molar-refractivity contribution >= 4 is 28.4 Å². The number of piperazine rings is 1. The molecule has 1 unspecified atom stereocenters. The Morgan fingerprint density at radius 1 is 1.02 bits per heavy atom. The van der Waals surface area contributed by atoms with Gasteiger partial charge in [0.2, 0.25) is 0 Å². The fourth-order valence-electron chi connectivity index (χ4n) is 6.65. The number of anilines is 2. The van der Waals surface area contributed by atoms with Crippen molar-refractivity contribution in [3.8, 4) is 12.1 Å². The van der Waals surface area contributed by atoms with E-state index in [9.17, 15) is 10.1 Å². The van der Waals surface area contributed by atoms with Gasteiger partial charge in [-0.2, -0.15) is 15.2 Å². The molecule has 232 valence electrons. The number of benzene rings is 2. The summed E-state index contributed by atoms with van der Waals surface area (Å²) in [7, 11) is 2.14. The van der Waals surface area contributed by atoms with Crippen LogP contribution >= 0.6 is 0 Å². The Morgan fingerprint density at radius 3 is 2.61 bits per heavy atom. The molecule has 0 saturated carbocycles. The van der Waals surface area contributed by atoms with Gasteiger partial charge >= 0.3 is 12.1 Å². The first-order valence-electron chi connectivity index (χ1n) is 15.8. The lowest BCUT2D eigenvalue weighted by molar-refractivity contribution is 0.0144. The summed E-state index contributed by atoms with van der Waals surface area (Å²) in [6.07, 6.45) is 2.90. The molecule has 44 heavy (non-hydrogen) atoms. The van der Waals surface area contributed by atoms with Crippen LogP contribution in [-0.4, -0.2) is 89.9 Å². The van der Waals surface area contributed by atoms with Crippen molar-refractivity contribution in [2.45, 2.75) is 70.7 Å². The number of likely N-dealkylation sites (tertiary alicyclic amines) is 1. The summed E-state index contributed by atoms with van der Waals surface area (Å²) >= 11 is 0. The van der Waals surface area contributed by atoms with Crippen LogP contribution in [-0.2, 0) is 17.7 Å². The van der Waals surface area contributed by atoms with E-state index in [4.69, 9.17) is 19.4 Å². The Balaban J connectivity index is 1.30. The molecule has 6 rings (SSSR count). The van der Waals surface area contributed by atoms with Gasteiger partial charge in [-0.3, -0.25) is 0 Å². The molecular formula is C34H43N7O3. The van der Waals surface area contributed by atoms with E-state index in [-0.39, 0.29) is 18.6 Å². The van der Waals surface area contributed by atoms with Crippen molar-refractivity contribution in [2.75, 3.05) is 56.2 Å². The average Bonchev–Trinajstić information content (AvgIpc) is 3.42. The second-order valence-electron chi connectivity index (χ2n) is 13.1. The quantitative estimate of drug-likeness (QED) is 0.389. The summed E-state index contributed by atoms with van der Waals surface area (Å²) in [5.41, 5.74) is 2.68. The van der Waals surface area contributed by atoms with Gasteiger partial charge in [-0.1, -0.05) is 36.4 Å². The standard InChI is InChI=1S/C34H43N7O3/c1-34(2,3)44-33(42)41-20-19-40(21-25(41)14-16-35)31-28-15-18-39(30-13-7-10-24-9-5-6-12-27(24)30)22-29(28)36-32(37-31)43-23-26-11-8-17-38(26)4/h5-7,9-10,12-13,25-26H,8,11,14-15,17-23H2,1-4H3/t25?,26-/m0/s1. The van der Waals surface area contributed by atoms with Crippen LogP contribution in [0.1, 0.15) is 51.3 Å². The summed E-state index contributed by atoms with van der Waals surface area (Å²) in [6, 6.07) is 17.7. The van der Waals surface area contributed by atoms with Crippen LogP contribution in [0.4, 0.5) is 16.3 Å². The molecule has 3 aromatic rings. The molecule has 2 atom stereocenters. The van der Waals surface area contributed by atoms with Gasteiger partial charge in [0.1, 0.15) is 18.0 Å². The Morgan fingerprint density at radius 2 is 1.84 bits per heavy atom. The number of carbonyl (C=O) groups is 1. The maximum atomic E-state index is 13.1. The number of hydrogen-bond acceptors (Lipinski definition) is 9. The average molecular weight is 598 g/mol. The Hall–Kier alpha value is -4.10. The molecule has 3 aliphatic rings. The topological polar surface area (TPSA) is 98.1 Å². The zero-order valence-corrected chi connectivity index (χ0v) is 26.3. The Bertz CT molecular complexity index is 1540. The van der Waals surface area contributed by atoms with Crippen molar-refractivity contribution in [3.63, 3.8) is 0 Å². The first-order valence-corrected chi connectivity index (χ1v) is 15.8. The highest BCUT2D eigenvalue weighted by Crippen LogP contribution is 2.35. The van der Waals surface area contributed by atoms with Gasteiger partial charge in [-0.15, -0.1) is 0 Å². The molecular weight excluding hydrogens is 554 g/mol. The SMILES string of the molecule is CN1CCC[C@H]1COc1nc2c(c(N3CCN(C(=O)OC(C)(C)C)C(CC#N)C3)n1)CCN(c1cccc3ccccc13)C2. The second-order valence-corrected chi connectivity index (χ2v) is 13.1. The number of nitrogens with zero attached hydrogens (tertiary/aromatic N) is 7. The minimum absolute atomic E-state index is 0.218. The van der Waals surface area contributed by atoms with Gasteiger partial charge in [-0.05, 0) is 65.1 Å². The van der Waals surface area contributed by atoms with Crippen molar-refractivity contribution in [2.24, 2.45) is 0 Å². The maximum Gasteiger partial charge on any atom is 0.410 e. The molecule has 3 aliphatic heterocycles. The zero-order valence-electron chi connectivity index (χ0n) is 26.3. The van der Waals surface area contributed by atoms with Crippen molar-refractivity contribution < 1.29 is 14.3 Å². The molecule has 1 aromatic heterocycles. The number of carbonyl (C=O) groups excluding carboxylic acids is 1. The fraction of sp³-hybridized carbons (Fsp3) is 0.529. The third kappa shape index (κ3) is 6.39. The molecule has 2 aromatic carbocycles. The van der Waals surface area contributed by atoms with E-state index in [0.29, 0.717) is 44.8 Å². The first-order chi connectivity index (χ1) is 21.2. The number of aromatic nitrogens is 2. The Labute approximate surface area is 260 Å². The van der Waals surface area contributed by atoms with Crippen molar-refractivity contribution in [1.82, 2.24) is 19.8 Å².